The van der Waals surface area contributed by atoms with Gasteiger partial charge < -0.3 is 16.0 Å². The van der Waals surface area contributed by atoms with Crippen molar-refractivity contribution in [3.63, 3.8) is 0 Å². The van der Waals surface area contributed by atoms with E-state index in [4.69, 9.17) is 5.73 Å². The molecule has 0 radical (unpaired) electrons. The number of rotatable bonds is 0. The SMILES string of the molecule is NC1CCCCCC(=O)Nc2ccccc2-c2c[nH]c1n2. The summed E-state index contributed by atoms with van der Waals surface area (Å²) >= 11 is 0. The third-order valence-electron chi connectivity index (χ3n) is 3.84. The summed E-state index contributed by atoms with van der Waals surface area (Å²) in [6.45, 7) is 0. The van der Waals surface area contributed by atoms with Crippen molar-refractivity contribution in [1.82, 2.24) is 9.97 Å². The molecule has 2 aromatic rings. The highest BCUT2D eigenvalue weighted by Crippen LogP contribution is 2.28. The molecule has 1 amide bonds. The van der Waals surface area contributed by atoms with E-state index >= 15 is 0 Å². The second-order valence-corrected chi connectivity index (χ2v) is 5.47. The van der Waals surface area contributed by atoms with Crippen LogP contribution < -0.4 is 11.1 Å². The number of nitrogens with one attached hydrogen (secondary N) is 2. The van der Waals surface area contributed by atoms with Crippen LogP contribution >= 0.6 is 0 Å². The molecular weight excluding hydrogens is 264 g/mol. The van der Waals surface area contributed by atoms with Crippen LogP contribution in [0.1, 0.15) is 44.0 Å². The maximum Gasteiger partial charge on any atom is 0.224 e. The number of H-pyrrole nitrogens is 1. The van der Waals surface area contributed by atoms with Crippen molar-refractivity contribution in [2.45, 2.75) is 38.1 Å². The number of anilines is 1. The molecule has 4 N–H and O–H groups in total. The monoisotopic (exact) mass is 284 g/mol. The summed E-state index contributed by atoms with van der Waals surface area (Å²) in [6.07, 6.45) is 6.20. The molecule has 1 atom stereocenters. The van der Waals surface area contributed by atoms with Gasteiger partial charge in [-0.2, -0.15) is 0 Å². The van der Waals surface area contributed by atoms with Gasteiger partial charge in [0, 0.05) is 18.2 Å². The molecule has 0 fully saturated rings. The maximum atomic E-state index is 12.0. The van der Waals surface area contributed by atoms with Gasteiger partial charge in [-0.3, -0.25) is 4.79 Å². The molecule has 1 aliphatic rings. The lowest BCUT2D eigenvalue weighted by Crippen LogP contribution is -2.12. The zero-order chi connectivity index (χ0) is 14.7. The summed E-state index contributed by atoms with van der Waals surface area (Å²) in [6, 6.07) is 7.64. The summed E-state index contributed by atoms with van der Waals surface area (Å²) in [5.74, 6) is 0.868. The molecule has 21 heavy (non-hydrogen) atoms. The number of fused-ring (bicyclic) bond motifs is 4. The number of hydrogen-bond donors (Lipinski definition) is 3. The molecule has 2 bridgehead atoms. The minimum absolute atomic E-state index is 0.0572. The van der Waals surface area contributed by atoms with E-state index in [2.05, 4.69) is 15.3 Å². The highest BCUT2D eigenvalue weighted by Gasteiger charge is 2.15. The summed E-state index contributed by atoms with van der Waals surface area (Å²) < 4.78 is 0. The highest BCUT2D eigenvalue weighted by atomic mass is 16.1. The Labute approximate surface area is 124 Å². The minimum Gasteiger partial charge on any atom is -0.347 e. The Kier molecular flexibility index (Phi) is 4.01. The van der Waals surface area contributed by atoms with E-state index in [1.54, 1.807) is 0 Å². The highest BCUT2D eigenvalue weighted by molar-refractivity contribution is 5.94. The van der Waals surface area contributed by atoms with E-state index in [9.17, 15) is 4.79 Å². The topological polar surface area (TPSA) is 83.8 Å². The number of nitrogens with two attached hydrogens (primary N) is 1. The van der Waals surface area contributed by atoms with Crippen molar-refractivity contribution in [2.75, 3.05) is 5.32 Å². The van der Waals surface area contributed by atoms with Gasteiger partial charge in [-0.15, -0.1) is 0 Å². The van der Waals surface area contributed by atoms with Crippen LogP contribution in [0.3, 0.4) is 0 Å². The third kappa shape index (κ3) is 3.13. The van der Waals surface area contributed by atoms with Crippen molar-refractivity contribution in [3.8, 4) is 11.3 Å². The fraction of sp³-hybridized carbons (Fsp3) is 0.375. The number of amides is 1. The molecule has 2 heterocycles. The number of aromatic nitrogens is 2. The average Bonchev–Trinajstić information content (AvgIpc) is 2.96. The number of carbonyl (C=O) groups is 1. The van der Waals surface area contributed by atoms with Crippen LogP contribution in [-0.4, -0.2) is 15.9 Å². The number of carbonyl (C=O) groups excluding carboxylic acids is 1. The largest absolute Gasteiger partial charge is 0.347 e. The molecule has 1 aliphatic heterocycles. The van der Waals surface area contributed by atoms with E-state index in [1.165, 1.54) is 0 Å². The van der Waals surface area contributed by atoms with Crippen LogP contribution in [0.25, 0.3) is 11.3 Å². The van der Waals surface area contributed by atoms with Crippen molar-refractivity contribution in [3.05, 3.63) is 36.3 Å². The van der Waals surface area contributed by atoms with Gasteiger partial charge in [0.25, 0.3) is 0 Å². The summed E-state index contributed by atoms with van der Waals surface area (Å²) in [7, 11) is 0. The van der Waals surface area contributed by atoms with Gasteiger partial charge in [0.2, 0.25) is 5.91 Å². The van der Waals surface area contributed by atoms with Crippen LogP contribution in [0.15, 0.2) is 30.5 Å². The van der Waals surface area contributed by atoms with E-state index in [0.29, 0.717) is 6.42 Å². The lowest BCUT2D eigenvalue weighted by Gasteiger charge is -2.09. The number of imidazole rings is 1. The summed E-state index contributed by atoms with van der Waals surface area (Å²) in [5, 5.41) is 2.98. The normalized spacial score (nSPS) is 19.7. The number of benzene rings is 1. The second kappa shape index (κ2) is 6.10. The van der Waals surface area contributed by atoms with E-state index in [-0.39, 0.29) is 11.9 Å². The van der Waals surface area contributed by atoms with Crippen LogP contribution in [0, 0.1) is 0 Å². The summed E-state index contributed by atoms with van der Waals surface area (Å²) in [5.41, 5.74) is 8.70. The number of nitrogens with zero attached hydrogens (tertiary/aromatic N) is 1. The number of hydrogen-bond acceptors (Lipinski definition) is 3. The fourth-order valence-electron chi connectivity index (χ4n) is 2.66. The first-order valence-corrected chi connectivity index (χ1v) is 7.44. The van der Waals surface area contributed by atoms with E-state index in [1.807, 2.05) is 30.5 Å². The van der Waals surface area contributed by atoms with Crippen LogP contribution in [0.5, 0.6) is 0 Å². The maximum absolute atomic E-state index is 12.0. The molecule has 0 aliphatic carbocycles. The predicted molar refractivity (Wildman–Crippen MR) is 82.7 cm³/mol. The van der Waals surface area contributed by atoms with E-state index < -0.39 is 0 Å². The standard InChI is InChI=1S/C16H20N4O/c17-12-7-2-1-3-9-15(21)19-13-8-5-4-6-11(13)14-10-18-16(12)20-14/h4-6,8,10,12H,1-3,7,9,17H2,(H,18,20)(H,19,21). The molecular formula is C16H20N4O. The molecule has 5 heteroatoms. The van der Waals surface area contributed by atoms with Crippen molar-refractivity contribution < 1.29 is 4.79 Å². The Morgan fingerprint density at radius 1 is 1.19 bits per heavy atom. The summed E-state index contributed by atoms with van der Waals surface area (Å²) in [4.78, 5) is 19.8. The van der Waals surface area contributed by atoms with Crippen LogP contribution in [0.4, 0.5) is 5.69 Å². The first-order valence-electron chi connectivity index (χ1n) is 7.44. The van der Waals surface area contributed by atoms with Crippen LogP contribution in [-0.2, 0) is 4.79 Å². The van der Waals surface area contributed by atoms with Gasteiger partial charge in [0.1, 0.15) is 5.82 Å². The van der Waals surface area contributed by atoms with Crippen molar-refractivity contribution >= 4 is 11.6 Å². The molecule has 0 spiro atoms. The third-order valence-corrected chi connectivity index (χ3v) is 3.84. The second-order valence-electron chi connectivity index (χ2n) is 5.47. The van der Waals surface area contributed by atoms with Gasteiger partial charge in [0.05, 0.1) is 17.4 Å². The van der Waals surface area contributed by atoms with Gasteiger partial charge in [-0.05, 0) is 18.9 Å². The van der Waals surface area contributed by atoms with Gasteiger partial charge in [-0.25, -0.2) is 4.98 Å². The minimum atomic E-state index is -0.0738. The van der Waals surface area contributed by atoms with Crippen molar-refractivity contribution in [1.29, 1.82) is 0 Å². The van der Waals surface area contributed by atoms with E-state index in [0.717, 1.165) is 48.5 Å². The van der Waals surface area contributed by atoms with Gasteiger partial charge in [-0.1, -0.05) is 31.0 Å². The number of para-hydroxylation sites is 1. The first kappa shape index (κ1) is 13.8. The molecule has 1 aromatic carbocycles. The fourth-order valence-corrected chi connectivity index (χ4v) is 2.66. The zero-order valence-electron chi connectivity index (χ0n) is 11.9. The van der Waals surface area contributed by atoms with Gasteiger partial charge >= 0.3 is 0 Å². The lowest BCUT2D eigenvalue weighted by molar-refractivity contribution is -0.116. The quantitative estimate of drug-likeness (QED) is 0.695. The molecule has 0 saturated carbocycles. The Morgan fingerprint density at radius 3 is 2.95 bits per heavy atom. The first-order chi connectivity index (χ1) is 10.2. The Balaban J connectivity index is 1.99. The smallest absolute Gasteiger partial charge is 0.224 e. The van der Waals surface area contributed by atoms with Crippen LogP contribution in [0.2, 0.25) is 0 Å². The molecule has 1 aromatic heterocycles. The van der Waals surface area contributed by atoms with Crippen molar-refractivity contribution in [2.24, 2.45) is 5.73 Å². The molecule has 3 rings (SSSR count). The molecule has 1 unspecified atom stereocenters. The lowest BCUT2D eigenvalue weighted by atomic mass is 10.1. The molecule has 110 valence electrons. The molecule has 0 saturated heterocycles. The Morgan fingerprint density at radius 2 is 2.05 bits per heavy atom. The number of aromatic amines is 1. The molecule has 5 nitrogen and oxygen atoms in total. The zero-order valence-corrected chi connectivity index (χ0v) is 11.9. The van der Waals surface area contributed by atoms with Gasteiger partial charge in [0.15, 0.2) is 0 Å². The average molecular weight is 284 g/mol. The Hall–Kier alpha value is -2.14. The Bertz CT molecular complexity index is 635. The predicted octanol–water partition coefficient (Wildman–Crippen LogP) is 2.98.